The van der Waals surface area contributed by atoms with Crippen LogP contribution in [-0.2, 0) is 0 Å². The van der Waals surface area contributed by atoms with E-state index in [1.54, 1.807) is 0 Å². The number of nitrogen functional groups attached to an aromatic ring is 1. The summed E-state index contributed by atoms with van der Waals surface area (Å²) in [6, 6.07) is 5.97. The maximum absolute atomic E-state index is 5.62. The molecule has 0 aliphatic heterocycles. The molecule has 1 aromatic carbocycles. The maximum atomic E-state index is 5.62. The number of rotatable bonds is 0. The molecule has 2 nitrogen and oxygen atoms in total. The Balaban J connectivity index is 2.87. The summed E-state index contributed by atoms with van der Waals surface area (Å²) in [5.74, 6) is 0.617. The highest BCUT2D eigenvalue weighted by Gasteiger charge is 2.01. The van der Waals surface area contributed by atoms with Gasteiger partial charge in [0, 0.05) is 9.86 Å². The molecule has 4 heteroatoms. The number of fused-ring (bicyclic) bond motifs is 1. The maximum Gasteiger partial charge on any atom is 0.145 e. The van der Waals surface area contributed by atoms with Crippen LogP contribution in [-0.4, -0.2) is 4.37 Å². The first kappa shape index (κ1) is 7.06. The molecule has 0 radical (unpaired) electrons. The number of nitrogens with two attached hydrogens (primary N) is 1. The molecule has 0 aliphatic carbocycles. The minimum absolute atomic E-state index is 0.617. The second-order valence-corrected chi connectivity index (χ2v) is 3.93. The van der Waals surface area contributed by atoms with Gasteiger partial charge >= 0.3 is 0 Å². The molecule has 56 valence electrons. The third kappa shape index (κ3) is 1.12. The molecule has 0 amide bonds. The van der Waals surface area contributed by atoms with Crippen LogP contribution in [0, 0.1) is 0 Å². The van der Waals surface area contributed by atoms with E-state index < -0.39 is 0 Å². The van der Waals surface area contributed by atoms with Gasteiger partial charge in [-0.05, 0) is 29.7 Å². The molecule has 0 saturated heterocycles. The van der Waals surface area contributed by atoms with Gasteiger partial charge in [0.2, 0.25) is 0 Å². The molecule has 2 aromatic rings. The summed E-state index contributed by atoms with van der Waals surface area (Å²) in [5, 5.41) is 1.03. The van der Waals surface area contributed by atoms with Crippen LogP contribution >= 0.6 is 27.5 Å². The molecule has 0 aliphatic rings. The smallest absolute Gasteiger partial charge is 0.145 e. The van der Waals surface area contributed by atoms with Crippen molar-refractivity contribution in [2.45, 2.75) is 0 Å². The number of halogens is 1. The molecule has 0 spiro atoms. The Morgan fingerprint density at radius 3 is 3.09 bits per heavy atom. The summed E-state index contributed by atoms with van der Waals surface area (Å²) in [6.07, 6.45) is 0. The Kier molecular flexibility index (Phi) is 1.58. The van der Waals surface area contributed by atoms with Crippen molar-refractivity contribution in [3.8, 4) is 0 Å². The van der Waals surface area contributed by atoms with E-state index in [0.29, 0.717) is 5.82 Å². The molecule has 11 heavy (non-hydrogen) atoms. The zero-order chi connectivity index (χ0) is 7.84. The first-order valence-corrected chi connectivity index (χ1v) is 4.64. The highest BCUT2D eigenvalue weighted by Crippen LogP contribution is 2.27. The Morgan fingerprint density at radius 1 is 1.45 bits per heavy atom. The first-order chi connectivity index (χ1) is 5.27. The van der Waals surface area contributed by atoms with Gasteiger partial charge in [0.15, 0.2) is 0 Å². The summed E-state index contributed by atoms with van der Waals surface area (Å²) in [5.41, 5.74) is 5.62. The molecule has 0 bridgehead atoms. The Labute approximate surface area is 76.3 Å². The van der Waals surface area contributed by atoms with Crippen molar-refractivity contribution in [1.29, 1.82) is 0 Å². The van der Waals surface area contributed by atoms with E-state index in [4.69, 9.17) is 5.73 Å². The lowest BCUT2D eigenvalue weighted by atomic mass is 10.3. The van der Waals surface area contributed by atoms with Gasteiger partial charge in [0.25, 0.3) is 0 Å². The van der Waals surface area contributed by atoms with E-state index in [1.807, 2.05) is 18.2 Å². The van der Waals surface area contributed by atoms with Crippen LogP contribution in [0.1, 0.15) is 0 Å². The third-order valence-electron chi connectivity index (χ3n) is 1.46. The topological polar surface area (TPSA) is 38.9 Å². The first-order valence-electron chi connectivity index (χ1n) is 3.08. The average molecular weight is 229 g/mol. The fraction of sp³-hybridized carbons (Fsp3) is 0. The molecular formula is C7H5BrN2S. The van der Waals surface area contributed by atoms with E-state index in [2.05, 4.69) is 20.3 Å². The predicted octanol–water partition coefficient (Wildman–Crippen LogP) is 2.64. The number of hydrogen-bond donors (Lipinski definition) is 1. The number of aromatic nitrogens is 1. The van der Waals surface area contributed by atoms with Crippen molar-refractivity contribution in [3.05, 3.63) is 22.7 Å². The Morgan fingerprint density at radius 2 is 2.27 bits per heavy atom. The van der Waals surface area contributed by atoms with Gasteiger partial charge in [-0.2, -0.15) is 4.37 Å². The van der Waals surface area contributed by atoms with Crippen LogP contribution in [0.5, 0.6) is 0 Å². The van der Waals surface area contributed by atoms with Crippen LogP contribution in [0.25, 0.3) is 10.1 Å². The van der Waals surface area contributed by atoms with E-state index in [1.165, 1.54) is 11.5 Å². The predicted molar refractivity (Wildman–Crippen MR) is 51.7 cm³/mol. The molecule has 2 rings (SSSR count). The zero-order valence-electron chi connectivity index (χ0n) is 5.54. The minimum atomic E-state index is 0.617. The molecule has 1 aromatic heterocycles. The van der Waals surface area contributed by atoms with Gasteiger partial charge in [0.05, 0.1) is 4.70 Å². The number of nitrogens with zero attached hydrogens (tertiary/aromatic N) is 1. The standard InChI is InChI=1S/C7H5BrN2S/c8-4-1-2-6-5(3-4)7(9)10-11-6/h1-3H,(H2,9,10). The van der Waals surface area contributed by atoms with Crippen LogP contribution in [0.15, 0.2) is 22.7 Å². The van der Waals surface area contributed by atoms with Crippen molar-refractivity contribution < 1.29 is 0 Å². The fourth-order valence-electron chi connectivity index (χ4n) is 0.929. The zero-order valence-corrected chi connectivity index (χ0v) is 7.95. The molecule has 1 heterocycles. The van der Waals surface area contributed by atoms with Crippen LogP contribution in [0.4, 0.5) is 5.82 Å². The van der Waals surface area contributed by atoms with Crippen molar-refractivity contribution in [3.63, 3.8) is 0 Å². The highest BCUT2D eigenvalue weighted by atomic mass is 79.9. The van der Waals surface area contributed by atoms with Gasteiger partial charge in [0.1, 0.15) is 5.82 Å². The molecule has 0 atom stereocenters. The van der Waals surface area contributed by atoms with Crippen molar-refractivity contribution in [1.82, 2.24) is 4.37 Å². The summed E-state index contributed by atoms with van der Waals surface area (Å²) in [4.78, 5) is 0. The van der Waals surface area contributed by atoms with Gasteiger partial charge in [-0.1, -0.05) is 15.9 Å². The summed E-state index contributed by atoms with van der Waals surface area (Å²) in [6.45, 7) is 0. The third-order valence-corrected chi connectivity index (χ3v) is 2.79. The van der Waals surface area contributed by atoms with Crippen molar-refractivity contribution in [2.75, 3.05) is 5.73 Å². The number of hydrogen-bond acceptors (Lipinski definition) is 3. The van der Waals surface area contributed by atoms with Crippen LogP contribution in [0.2, 0.25) is 0 Å². The molecule has 2 N–H and O–H groups in total. The van der Waals surface area contributed by atoms with Gasteiger partial charge in [-0.3, -0.25) is 0 Å². The fourth-order valence-corrected chi connectivity index (χ4v) is 1.98. The number of benzene rings is 1. The highest BCUT2D eigenvalue weighted by molar-refractivity contribution is 9.10. The molecule has 0 fully saturated rings. The minimum Gasteiger partial charge on any atom is -0.382 e. The lowest BCUT2D eigenvalue weighted by Gasteiger charge is -1.89. The Bertz CT molecular complexity index is 396. The van der Waals surface area contributed by atoms with Crippen molar-refractivity contribution >= 4 is 43.4 Å². The number of anilines is 1. The van der Waals surface area contributed by atoms with E-state index in [-0.39, 0.29) is 0 Å². The summed E-state index contributed by atoms with van der Waals surface area (Å²) < 4.78 is 6.20. The second-order valence-electron chi connectivity index (χ2n) is 2.21. The van der Waals surface area contributed by atoms with Crippen LogP contribution in [0.3, 0.4) is 0 Å². The van der Waals surface area contributed by atoms with Crippen LogP contribution < -0.4 is 5.73 Å². The van der Waals surface area contributed by atoms with E-state index in [0.717, 1.165) is 14.6 Å². The summed E-state index contributed by atoms with van der Waals surface area (Å²) >= 11 is 4.80. The quantitative estimate of drug-likeness (QED) is 0.754. The molecular weight excluding hydrogens is 224 g/mol. The monoisotopic (exact) mass is 228 g/mol. The lowest BCUT2D eigenvalue weighted by molar-refractivity contribution is 1.58. The van der Waals surface area contributed by atoms with E-state index >= 15 is 0 Å². The largest absolute Gasteiger partial charge is 0.382 e. The lowest BCUT2D eigenvalue weighted by Crippen LogP contribution is -1.82. The van der Waals surface area contributed by atoms with Gasteiger partial charge < -0.3 is 5.73 Å². The van der Waals surface area contributed by atoms with Gasteiger partial charge in [-0.25, -0.2) is 0 Å². The van der Waals surface area contributed by atoms with E-state index in [9.17, 15) is 0 Å². The molecule has 0 saturated carbocycles. The average Bonchev–Trinajstić information content (AvgIpc) is 2.33. The normalized spacial score (nSPS) is 10.6. The Hall–Kier alpha value is -0.610. The SMILES string of the molecule is Nc1nsc2ccc(Br)cc12. The van der Waals surface area contributed by atoms with Gasteiger partial charge in [-0.15, -0.1) is 0 Å². The second kappa shape index (κ2) is 2.46. The van der Waals surface area contributed by atoms with Crippen molar-refractivity contribution in [2.24, 2.45) is 0 Å². The molecule has 0 unspecified atom stereocenters. The summed E-state index contributed by atoms with van der Waals surface area (Å²) in [7, 11) is 0.